The number of alkyl halides is 1. The third-order valence-corrected chi connectivity index (χ3v) is 6.70. The van der Waals surface area contributed by atoms with Gasteiger partial charge < -0.3 is 23.7 Å². The monoisotopic (exact) mass is 574 g/mol. The fraction of sp³-hybridized carbons (Fsp3) is 0.357. The van der Waals surface area contributed by atoms with Crippen molar-refractivity contribution in [3.63, 3.8) is 0 Å². The van der Waals surface area contributed by atoms with Gasteiger partial charge in [0.1, 0.15) is 18.3 Å². The number of hydrogen-bond acceptors (Lipinski definition) is 5. The maximum Gasteiger partial charge on any atom is 0.186 e. The highest BCUT2D eigenvalue weighted by atomic mass is 127. The van der Waals surface area contributed by atoms with Crippen LogP contribution in [0, 0.1) is 0 Å². The van der Waals surface area contributed by atoms with E-state index in [-0.39, 0.29) is 18.3 Å². The molecular weight excluding hydrogens is 543 g/mol. The van der Waals surface area contributed by atoms with Crippen LogP contribution in [0.5, 0.6) is 0 Å². The normalized spacial score (nSPS) is 24.7. The lowest BCUT2D eigenvalue weighted by molar-refractivity contribution is -0.313. The Bertz CT molecular complexity index is 899. The summed E-state index contributed by atoms with van der Waals surface area (Å²) < 4.78 is 32.2. The zero-order valence-corrected chi connectivity index (χ0v) is 21.5. The van der Waals surface area contributed by atoms with Gasteiger partial charge in [-0.25, -0.2) is 0 Å². The number of benzene rings is 3. The Kier molecular flexibility index (Phi) is 9.91. The van der Waals surface area contributed by atoms with E-state index in [1.165, 1.54) is 0 Å². The molecule has 1 aliphatic rings. The van der Waals surface area contributed by atoms with E-state index in [0.717, 1.165) is 21.1 Å². The van der Waals surface area contributed by atoms with Gasteiger partial charge in [-0.2, -0.15) is 0 Å². The summed E-state index contributed by atoms with van der Waals surface area (Å²) in [5.74, 6) is 0. The molecule has 5 atom stereocenters. The molecule has 0 spiro atoms. The smallest absolute Gasteiger partial charge is 0.186 e. The van der Waals surface area contributed by atoms with Gasteiger partial charge >= 0.3 is 0 Å². The van der Waals surface area contributed by atoms with Crippen LogP contribution in [0.25, 0.3) is 0 Å². The Labute approximate surface area is 215 Å². The quantitative estimate of drug-likeness (QED) is 0.222. The molecule has 5 nitrogen and oxygen atoms in total. The van der Waals surface area contributed by atoms with E-state index in [2.05, 4.69) is 46.9 Å². The molecule has 0 radical (unpaired) electrons. The van der Waals surface area contributed by atoms with Crippen LogP contribution in [0.3, 0.4) is 0 Å². The van der Waals surface area contributed by atoms with Crippen LogP contribution in [0.1, 0.15) is 16.7 Å². The van der Waals surface area contributed by atoms with Crippen LogP contribution < -0.4 is 0 Å². The van der Waals surface area contributed by atoms with Crippen molar-refractivity contribution in [3.05, 3.63) is 108 Å². The van der Waals surface area contributed by atoms with Gasteiger partial charge in [0.05, 0.1) is 25.9 Å². The zero-order chi connectivity index (χ0) is 23.6. The van der Waals surface area contributed by atoms with E-state index < -0.39 is 12.4 Å². The Hall–Kier alpha value is -1.81. The average Bonchev–Trinajstić information content (AvgIpc) is 2.91. The van der Waals surface area contributed by atoms with Crippen molar-refractivity contribution in [1.82, 2.24) is 0 Å². The Morgan fingerprint density at radius 1 is 0.618 bits per heavy atom. The van der Waals surface area contributed by atoms with Crippen molar-refractivity contribution in [2.45, 2.75) is 50.5 Å². The molecular formula is C28H31IO5. The minimum Gasteiger partial charge on any atom is -0.368 e. The molecule has 3 aromatic carbocycles. The van der Waals surface area contributed by atoms with Gasteiger partial charge in [-0.1, -0.05) is 114 Å². The van der Waals surface area contributed by atoms with Gasteiger partial charge in [0.15, 0.2) is 6.29 Å². The van der Waals surface area contributed by atoms with E-state index in [0.29, 0.717) is 19.8 Å². The largest absolute Gasteiger partial charge is 0.368 e. The van der Waals surface area contributed by atoms with Crippen molar-refractivity contribution < 1.29 is 23.7 Å². The maximum atomic E-state index is 6.52. The average molecular weight is 574 g/mol. The molecule has 1 aliphatic heterocycles. The van der Waals surface area contributed by atoms with Crippen molar-refractivity contribution in [2.75, 3.05) is 11.5 Å². The highest BCUT2D eigenvalue weighted by Crippen LogP contribution is 2.31. The molecule has 0 bridgehead atoms. The molecule has 0 saturated carbocycles. The molecule has 0 amide bonds. The predicted molar refractivity (Wildman–Crippen MR) is 140 cm³/mol. The Balaban J connectivity index is 1.56. The minimum absolute atomic E-state index is 0.188. The molecule has 1 fully saturated rings. The molecule has 4 rings (SSSR count). The van der Waals surface area contributed by atoms with E-state index in [1.54, 1.807) is 7.11 Å². The van der Waals surface area contributed by atoms with Gasteiger partial charge in [0.2, 0.25) is 0 Å². The van der Waals surface area contributed by atoms with Crippen molar-refractivity contribution in [1.29, 1.82) is 0 Å². The molecule has 0 aromatic heterocycles. The highest BCUT2D eigenvalue weighted by Gasteiger charge is 2.48. The van der Waals surface area contributed by atoms with Gasteiger partial charge in [-0.15, -0.1) is 0 Å². The Morgan fingerprint density at radius 3 is 1.44 bits per heavy atom. The predicted octanol–water partition coefficient (Wildman–Crippen LogP) is 5.55. The second-order valence-corrected chi connectivity index (χ2v) is 9.10. The molecule has 180 valence electrons. The maximum absolute atomic E-state index is 6.52. The molecule has 1 heterocycles. The van der Waals surface area contributed by atoms with Gasteiger partial charge in [-0.05, 0) is 16.7 Å². The lowest BCUT2D eigenvalue weighted by Gasteiger charge is -2.45. The fourth-order valence-electron chi connectivity index (χ4n) is 4.06. The van der Waals surface area contributed by atoms with E-state index >= 15 is 0 Å². The van der Waals surface area contributed by atoms with E-state index in [4.69, 9.17) is 23.7 Å². The number of rotatable bonds is 11. The summed E-state index contributed by atoms with van der Waals surface area (Å²) in [6, 6.07) is 30.4. The van der Waals surface area contributed by atoms with E-state index in [9.17, 15) is 0 Å². The molecule has 6 heteroatoms. The first-order chi connectivity index (χ1) is 16.8. The van der Waals surface area contributed by atoms with Gasteiger partial charge in [-0.3, -0.25) is 0 Å². The summed E-state index contributed by atoms with van der Waals surface area (Å²) >= 11 is 2.33. The lowest BCUT2D eigenvalue weighted by atomic mass is 9.98. The first-order valence-corrected chi connectivity index (χ1v) is 13.0. The number of ether oxygens (including phenoxy) is 5. The highest BCUT2D eigenvalue weighted by molar-refractivity contribution is 14.1. The molecule has 0 unspecified atom stereocenters. The second kappa shape index (κ2) is 13.3. The van der Waals surface area contributed by atoms with Crippen LogP contribution in [-0.2, 0) is 43.5 Å². The first-order valence-electron chi connectivity index (χ1n) is 11.5. The van der Waals surface area contributed by atoms with Crippen LogP contribution in [0.4, 0.5) is 0 Å². The van der Waals surface area contributed by atoms with Crippen LogP contribution >= 0.6 is 22.6 Å². The third kappa shape index (κ3) is 6.87. The van der Waals surface area contributed by atoms with Crippen molar-refractivity contribution in [3.8, 4) is 0 Å². The van der Waals surface area contributed by atoms with Crippen LogP contribution in [0.15, 0.2) is 91.0 Å². The van der Waals surface area contributed by atoms with Crippen LogP contribution in [0.2, 0.25) is 0 Å². The summed E-state index contributed by atoms with van der Waals surface area (Å²) in [6.07, 6.45) is -1.87. The Morgan fingerprint density at radius 2 is 1.03 bits per heavy atom. The summed E-state index contributed by atoms with van der Waals surface area (Å²) in [7, 11) is 1.65. The topological polar surface area (TPSA) is 46.2 Å². The lowest BCUT2D eigenvalue weighted by Crippen LogP contribution is -2.61. The molecule has 0 aliphatic carbocycles. The van der Waals surface area contributed by atoms with Gasteiger partial charge in [0.25, 0.3) is 0 Å². The minimum atomic E-state index is -0.555. The summed E-state index contributed by atoms with van der Waals surface area (Å²) in [5.41, 5.74) is 3.28. The second-order valence-electron chi connectivity index (χ2n) is 8.22. The zero-order valence-electron chi connectivity index (χ0n) is 19.3. The standard InChI is InChI=1S/C28H31IO5/c1-30-28-27(33-20-23-15-9-4-10-16-23)26(32-19-22-13-7-3-8-14-22)25(24(17-29)34-28)31-18-21-11-5-2-6-12-21/h2-16,24-28H,17-20H2,1H3/t24-,25-,26-,27-,28-/m1/s1. The molecule has 3 aromatic rings. The molecule has 1 saturated heterocycles. The third-order valence-electron chi connectivity index (χ3n) is 5.83. The van der Waals surface area contributed by atoms with Crippen molar-refractivity contribution >= 4 is 22.6 Å². The number of hydrogen-bond donors (Lipinski definition) is 0. The van der Waals surface area contributed by atoms with Gasteiger partial charge in [0, 0.05) is 11.5 Å². The summed E-state index contributed by atoms with van der Waals surface area (Å²) in [4.78, 5) is 0. The fourth-order valence-corrected chi connectivity index (χ4v) is 4.77. The summed E-state index contributed by atoms with van der Waals surface area (Å²) in [5, 5.41) is 0. The molecule has 34 heavy (non-hydrogen) atoms. The first kappa shape index (κ1) is 25.3. The van der Waals surface area contributed by atoms with Crippen LogP contribution in [-0.4, -0.2) is 42.2 Å². The van der Waals surface area contributed by atoms with Crippen molar-refractivity contribution in [2.24, 2.45) is 0 Å². The SMILES string of the molecule is CO[C@@H]1O[C@H](CI)[C@@H](OCc2ccccc2)[C@@H](OCc2ccccc2)[C@H]1OCc1ccccc1. The number of methoxy groups -OCH3 is 1. The summed E-state index contributed by atoms with van der Waals surface area (Å²) in [6.45, 7) is 1.35. The number of halogens is 1. The molecule has 0 N–H and O–H groups in total. The van der Waals surface area contributed by atoms with E-state index in [1.807, 2.05) is 66.7 Å².